The molecule has 0 aromatic carbocycles. The zero-order valence-corrected chi connectivity index (χ0v) is 13.3. The minimum atomic E-state index is 0.199. The van der Waals surface area contributed by atoms with Crippen molar-refractivity contribution in [2.45, 2.75) is 59.0 Å². The molecule has 20 heavy (non-hydrogen) atoms. The fourth-order valence-corrected chi connectivity index (χ4v) is 2.60. The number of piperidine rings is 1. The first-order valence-electron chi connectivity index (χ1n) is 7.75. The molecule has 0 aliphatic carbocycles. The highest BCUT2D eigenvalue weighted by atomic mass is 16.4. The second-order valence-electron chi connectivity index (χ2n) is 6.82. The van der Waals surface area contributed by atoms with Gasteiger partial charge in [-0.25, -0.2) is 0 Å². The summed E-state index contributed by atoms with van der Waals surface area (Å²) in [5, 5.41) is 11.8. The summed E-state index contributed by atoms with van der Waals surface area (Å²) in [4.78, 5) is 2.44. The first-order chi connectivity index (χ1) is 9.46. The Morgan fingerprint density at radius 3 is 2.70 bits per heavy atom. The van der Waals surface area contributed by atoms with Gasteiger partial charge in [-0.15, -0.1) is 10.2 Å². The summed E-state index contributed by atoms with van der Waals surface area (Å²) >= 11 is 0. The third kappa shape index (κ3) is 4.87. The number of nitrogens with one attached hydrogen (secondary N) is 1. The molecule has 1 unspecified atom stereocenters. The van der Waals surface area contributed by atoms with Crippen LogP contribution in [0.25, 0.3) is 0 Å². The smallest absolute Gasteiger partial charge is 0.230 e. The zero-order valence-electron chi connectivity index (χ0n) is 13.3. The van der Waals surface area contributed by atoms with Gasteiger partial charge in [0.25, 0.3) is 0 Å². The van der Waals surface area contributed by atoms with E-state index in [2.05, 4.69) is 41.2 Å². The molecule has 5 heteroatoms. The molecule has 5 nitrogen and oxygen atoms in total. The highest BCUT2D eigenvalue weighted by molar-refractivity contribution is 4.84. The molecule has 1 saturated heterocycles. The largest absolute Gasteiger partial charge is 0.424 e. The van der Waals surface area contributed by atoms with E-state index >= 15 is 0 Å². The molecule has 0 bridgehead atoms. The van der Waals surface area contributed by atoms with Crippen LogP contribution >= 0.6 is 0 Å². The van der Waals surface area contributed by atoms with Gasteiger partial charge in [-0.3, -0.25) is 4.90 Å². The molecule has 1 N–H and O–H groups in total. The van der Waals surface area contributed by atoms with Gasteiger partial charge >= 0.3 is 0 Å². The molecule has 1 aliphatic heterocycles. The van der Waals surface area contributed by atoms with Crippen molar-refractivity contribution in [1.29, 1.82) is 0 Å². The van der Waals surface area contributed by atoms with Crippen molar-refractivity contribution in [3.63, 3.8) is 0 Å². The predicted octanol–water partition coefficient (Wildman–Crippen LogP) is 2.23. The third-order valence-corrected chi connectivity index (χ3v) is 3.69. The van der Waals surface area contributed by atoms with Crippen LogP contribution in [0, 0.1) is 5.92 Å². The number of hydrogen-bond acceptors (Lipinski definition) is 5. The third-order valence-electron chi connectivity index (χ3n) is 3.69. The highest BCUT2D eigenvalue weighted by Gasteiger charge is 2.22. The van der Waals surface area contributed by atoms with Gasteiger partial charge in [-0.1, -0.05) is 6.92 Å². The van der Waals surface area contributed by atoms with Gasteiger partial charge in [0.05, 0.1) is 6.54 Å². The monoisotopic (exact) mass is 280 g/mol. The number of nitrogens with zero attached hydrogens (tertiary/aromatic N) is 3. The Morgan fingerprint density at radius 2 is 2.05 bits per heavy atom. The van der Waals surface area contributed by atoms with Gasteiger partial charge in [-0.05, 0) is 52.6 Å². The predicted molar refractivity (Wildman–Crippen MR) is 79.4 cm³/mol. The molecule has 0 saturated carbocycles. The maximum atomic E-state index is 5.61. The Morgan fingerprint density at radius 1 is 1.30 bits per heavy atom. The van der Waals surface area contributed by atoms with Crippen LogP contribution in [0.5, 0.6) is 0 Å². The summed E-state index contributed by atoms with van der Waals surface area (Å²) < 4.78 is 5.61. The molecule has 0 spiro atoms. The van der Waals surface area contributed by atoms with Gasteiger partial charge < -0.3 is 9.73 Å². The Balaban J connectivity index is 1.81. The fourth-order valence-electron chi connectivity index (χ4n) is 2.60. The van der Waals surface area contributed by atoms with Crippen LogP contribution in [0.2, 0.25) is 0 Å². The van der Waals surface area contributed by atoms with E-state index in [-0.39, 0.29) is 5.54 Å². The number of rotatable bonds is 5. The summed E-state index contributed by atoms with van der Waals surface area (Å²) in [7, 11) is 0. The van der Waals surface area contributed by atoms with Crippen molar-refractivity contribution in [3.05, 3.63) is 11.8 Å². The van der Waals surface area contributed by atoms with E-state index in [1.807, 2.05) is 6.92 Å². The quantitative estimate of drug-likeness (QED) is 0.896. The van der Waals surface area contributed by atoms with Crippen molar-refractivity contribution in [3.8, 4) is 0 Å². The van der Waals surface area contributed by atoms with Crippen LogP contribution in [-0.2, 0) is 13.0 Å². The maximum Gasteiger partial charge on any atom is 0.230 e. The summed E-state index contributed by atoms with van der Waals surface area (Å²) in [5.41, 5.74) is 0.199. The van der Waals surface area contributed by atoms with E-state index in [0.29, 0.717) is 0 Å². The van der Waals surface area contributed by atoms with Gasteiger partial charge in [0.1, 0.15) is 0 Å². The average Bonchev–Trinajstić information content (AvgIpc) is 2.84. The Labute approximate surface area is 122 Å². The average molecular weight is 280 g/mol. The molecule has 2 rings (SSSR count). The fraction of sp³-hybridized carbons (Fsp3) is 0.867. The van der Waals surface area contributed by atoms with E-state index in [1.54, 1.807) is 0 Å². The molecule has 1 aromatic heterocycles. The van der Waals surface area contributed by atoms with E-state index in [1.165, 1.54) is 12.8 Å². The lowest BCUT2D eigenvalue weighted by atomic mass is 9.96. The van der Waals surface area contributed by atoms with Crippen molar-refractivity contribution in [2.24, 2.45) is 5.92 Å². The molecule has 0 radical (unpaired) electrons. The van der Waals surface area contributed by atoms with E-state index < -0.39 is 0 Å². The first-order valence-corrected chi connectivity index (χ1v) is 7.75. The van der Waals surface area contributed by atoms with Crippen LogP contribution in [0.1, 0.15) is 52.3 Å². The Hall–Kier alpha value is -0.940. The topological polar surface area (TPSA) is 54.2 Å². The molecular weight excluding hydrogens is 252 g/mol. The van der Waals surface area contributed by atoms with E-state index in [0.717, 1.165) is 50.3 Å². The molecule has 114 valence electrons. The summed E-state index contributed by atoms with van der Waals surface area (Å²) in [6, 6.07) is 0. The molecule has 1 fully saturated rings. The number of aromatic nitrogens is 2. The SMILES string of the molecule is CCc1nnc(CN2CCCC(CNC(C)(C)C)C2)o1. The lowest BCUT2D eigenvalue weighted by Crippen LogP contribution is -2.44. The van der Waals surface area contributed by atoms with Crippen LogP contribution in [0.4, 0.5) is 0 Å². The van der Waals surface area contributed by atoms with Crippen LogP contribution < -0.4 is 5.32 Å². The highest BCUT2D eigenvalue weighted by Crippen LogP contribution is 2.18. The van der Waals surface area contributed by atoms with Gasteiger partial charge in [0.15, 0.2) is 0 Å². The van der Waals surface area contributed by atoms with E-state index in [9.17, 15) is 0 Å². The summed E-state index contributed by atoms with van der Waals surface area (Å²) in [6.45, 7) is 12.8. The second kappa shape index (κ2) is 6.68. The maximum absolute atomic E-state index is 5.61. The molecule has 0 amide bonds. The van der Waals surface area contributed by atoms with Crippen molar-refractivity contribution < 1.29 is 4.42 Å². The van der Waals surface area contributed by atoms with Crippen LogP contribution in [0.15, 0.2) is 4.42 Å². The van der Waals surface area contributed by atoms with E-state index in [4.69, 9.17) is 4.42 Å². The molecule has 1 aliphatic rings. The van der Waals surface area contributed by atoms with Crippen LogP contribution in [0.3, 0.4) is 0 Å². The standard InChI is InChI=1S/C15H28N4O/c1-5-13-17-18-14(20-13)11-19-8-6-7-12(10-19)9-16-15(2,3)4/h12,16H,5-11H2,1-4H3. The summed E-state index contributed by atoms with van der Waals surface area (Å²) in [5.74, 6) is 2.21. The summed E-state index contributed by atoms with van der Waals surface area (Å²) in [6.07, 6.45) is 3.38. The van der Waals surface area contributed by atoms with Gasteiger partial charge in [-0.2, -0.15) is 0 Å². The minimum Gasteiger partial charge on any atom is -0.424 e. The second-order valence-corrected chi connectivity index (χ2v) is 6.82. The number of aryl methyl sites for hydroxylation is 1. The Kier molecular flexibility index (Phi) is 5.16. The lowest BCUT2D eigenvalue weighted by Gasteiger charge is -2.33. The lowest BCUT2D eigenvalue weighted by molar-refractivity contribution is 0.147. The molecular formula is C15H28N4O. The molecule has 1 atom stereocenters. The minimum absolute atomic E-state index is 0.199. The van der Waals surface area contributed by atoms with Gasteiger partial charge in [0, 0.05) is 18.5 Å². The van der Waals surface area contributed by atoms with Gasteiger partial charge in [0.2, 0.25) is 11.8 Å². The molecule has 2 heterocycles. The number of hydrogen-bond donors (Lipinski definition) is 1. The van der Waals surface area contributed by atoms with Crippen molar-refractivity contribution in [1.82, 2.24) is 20.4 Å². The van der Waals surface area contributed by atoms with Crippen LogP contribution in [-0.4, -0.2) is 40.3 Å². The zero-order chi connectivity index (χ0) is 14.6. The van der Waals surface area contributed by atoms with Crippen molar-refractivity contribution in [2.75, 3.05) is 19.6 Å². The Bertz CT molecular complexity index is 410. The number of likely N-dealkylation sites (tertiary alicyclic amines) is 1. The van der Waals surface area contributed by atoms with Crippen molar-refractivity contribution >= 4 is 0 Å². The first kappa shape index (κ1) is 15.4. The normalized spacial score (nSPS) is 21.3. The molecule has 1 aromatic rings.